The second-order valence-electron chi connectivity index (χ2n) is 5.91. The number of aromatic nitrogens is 2. The third-order valence-corrected chi connectivity index (χ3v) is 4.18. The summed E-state index contributed by atoms with van der Waals surface area (Å²) < 4.78 is 10.4. The Labute approximate surface area is 135 Å². The van der Waals surface area contributed by atoms with Crippen LogP contribution in [0.4, 0.5) is 0 Å². The predicted molar refractivity (Wildman–Crippen MR) is 84.9 cm³/mol. The van der Waals surface area contributed by atoms with Gasteiger partial charge in [0.15, 0.2) is 0 Å². The molecule has 6 heteroatoms. The summed E-state index contributed by atoms with van der Waals surface area (Å²) in [7, 11) is 1.54. The molecule has 0 aliphatic carbocycles. The quantitative estimate of drug-likeness (QED) is 0.866. The average molecular weight is 315 g/mol. The monoisotopic (exact) mass is 315 g/mol. The van der Waals surface area contributed by atoms with E-state index in [4.69, 9.17) is 9.26 Å². The van der Waals surface area contributed by atoms with Crippen LogP contribution in [0.15, 0.2) is 28.8 Å². The summed E-state index contributed by atoms with van der Waals surface area (Å²) >= 11 is 0. The molecule has 1 fully saturated rings. The predicted octanol–water partition coefficient (Wildman–Crippen LogP) is 2.40. The summed E-state index contributed by atoms with van der Waals surface area (Å²) in [6.07, 6.45) is 1.68. The lowest BCUT2D eigenvalue weighted by atomic mass is 9.96. The Kier molecular flexibility index (Phi) is 4.71. The average Bonchev–Trinajstić information content (AvgIpc) is 3.05. The summed E-state index contributed by atoms with van der Waals surface area (Å²) in [5.74, 6) is 1.55. The first-order valence-electron chi connectivity index (χ1n) is 7.84. The number of benzene rings is 1. The molecule has 122 valence electrons. The van der Waals surface area contributed by atoms with Crippen LogP contribution in [0.2, 0.25) is 0 Å². The number of carbonyl (C=O) groups excluding carboxylic acids is 1. The minimum atomic E-state index is 0.0388. The van der Waals surface area contributed by atoms with Gasteiger partial charge in [0.05, 0.1) is 0 Å². The summed E-state index contributed by atoms with van der Waals surface area (Å²) in [6, 6.07) is 8.05. The molecule has 1 amide bonds. The van der Waals surface area contributed by atoms with Crippen molar-refractivity contribution in [2.45, 2.75) is 25.7 Å². The van der Waals surface area contributed by atoms with E-state index < -0.39 is 0 Å². The molecule has 1 saturated heterocycles. The Morgan fingerprint density at radius 3 is 2.87 bits per heavy atom. The van der Waals surface area contributed by atoms with Gasteiger partial charge in [-0.1, -0.05) is 28.9 Å². The summed E-state index contributed by atoms with van der Waals surface area (Å²) in [5.41, 5.74) is 2.13. The maximum Gasteiger partial charge on any atom is 0.248 e. The Hall–Kier alpha value is -2.21. The van der Waals surface area contributed by atoms with Crippen molar-refractivity contribution in [3.05, 3.63) is 35.7 Å². The number of ether oxygens (including phenoxy) is 1. The van der Waals surface area contributed by atoms with Gasteiger partial charge in [0.25, 0.3) is 0 Å². The molecule has 0 spiro atoms. The van der Waals surface area contributed by atoms with Crippen LogP contribution >= 0.6 is 0 Å². The first kappa shape index (κ1) is 15.7. The fourth-order valence-corrected chi connectivity index (χ4v) is 2.89. The fraction of sp³-hybridized carbons (Fsp3) is 0.471. The molecule has 1 aliphatic heterocycles. The molecule has 2 aromatic rings. The lowest BCUT2D eigenvalue weighted by Gasteiger charge is -2.30. The highest BCUT2D eigenvalue weighted by molar-refractivity contribution is 5.77. The molecular formula is C17H21N3O3. The molecule has 0 unspecified atom stereocenters. The van der Waals surface area contributed by atoms with Crippen molar-refractivity contribution in [3.63, 3.8) is 0 Å². The molecule has 2 heterocycles. The van der Waals surface area contributed by atoms with Gasteiger partial charge in [0.2, 0.25) is 17.6 Å². The molecule has 1 aliphatic rings. The zero-order chi connectivity index (χ0) is 16.2. The Bertz CT molecular complexity index is 675. The van der Waals surface area contributed by atoms with E-state index in [0.29, 0.717) is 24.8 Å². The molecule has 1 aromatic heterocycles. The van der Waals surface area contributed by atoms with Crippen LogP contribution in [-0.4, -0.2) is 47.8 Å². The van der Waals surface area contributed by atoms with Gasteiger partial charge < -0.3 is 14.2 Å². The third-order valence-electron chi connectivity index (χ3n) is 4.18. The van der Waals surface area contributed by atoms with Crippen molar-refractivity contribution in [1.82, 2.24) is 15.0 Å². The van der Waals surface area contributed by atoms with Crippen molar-refractivity contribution in [1.29, 1.82) is 0 Å². The van der Waals surface area contributed by atoms with E-state index in [1.54, 1.807) is 0 Å². The van der Waals surface area contributed by atoms with Crippen molar-refractivity contribution < 1.29 is 14.1 Å². The van der Waals surface area contributed by atoms with Gasteiger partial charge in [-0.25, -0.2) is 0 Å². The van der Waals surface area contributed by atoms with Crippen LogP contribution in [-0.2, 0) is 9.53 Å². The molecular weight excluding hydrogens is 294 g/mol. The van der Waals surface area contributed by atoms with Crippen molar-refractivity contribution in [3.8, 4) is 11.4 Å². The van der Waals surface area contributed by atoms with Gasteiger partial charge in [-0.05, 0) is 25.8 Å². The lowest BCUT2D eigenvalue weighted by Crippen LogP contribution is -2.39. The van der Waals surface area contributed by atoms with Gasteiger partial charge in [0.1, 0.15) is 6.61 Å². The first-order valence-corrected chi connectivity index (χ1v) is 7.84. The Morgan fingerprint density at radius 1 is 1.39 bits per heavy atom. The highest BCUT2D eigenvalue weighted by Gasteiger charge is 2.27. The number of rotatable bonds is 4. The van der Waals surface area contributed by atoms with Crippen LogP contribution in [0.5, 0.6) is 0 Å². The van der Waals surface area contributed by atoms with Crippen LogP contribution in [0.1, 0.15) is 30.2 Å². The van der Waals surface area contributed by atoms with E-state index in [0.717, 1.165) is 18.4 Å². The molecule has 0 radical (unpaired) electrons. The molecule has 1 aromatic carbocycles. The minimum Gasteiger partial charge on any atom is -0.375 e. The highest BCUT2D eigenvalue weighted by atomic mass is 16.5. The molecule has 0 saturated carbocycles. The van der Waals surface area contributed by atoms with Crippen molar-refractivity contribution in [2.24, 2.45) is 0 Å². The first-order chi connectivity index (χ1) is 11.2. The topological polar surface area (TPSA) is 68.5 Å². The number of methoxy groups -OCH3 is 1. The smallest absolute Gasteiger partial charge is 0.248 e. The second-order valence-corrected chi connectivity index (χ2v) is 5.91. The largest absolute Gasteiger partial charge is 0.375 e. The molecule has 0 bridgehead atoms. The van der Waals surface area contributed by atoms with Gasteiger partial charge in [-0.2, -0.15) is 4.98 Å². The molecule has 23 heavy (non-hydrogen) atoms. The maximum absolute atomic E-state index is 11.8. The number of likely N-dealkylation sites (tertiary alicyclic amines) is 1. The van der Waals surface area contributed by atoms with Crippen molar-refractivity contribution >= 4 is 5.91 Å². The SMILES string of the molecule is COCC(=O)N1CCC(c2nc(-c3cccc(C)c3)no2)CC1. The second kappa shape index (κ2) is 6.91. The maximum atomic E-state index is 11.8. The number of aryl methyl sites for hydroxylation is 1. The van der Waals surface area contributed by atoms with E-state index in [9.17, 15) is 4.79 Å². The number of hydrogen-bond acceptors (Lipinski definition) is 5. The van der Waals surface area contributed by atoms with Crippen LogP contribution in [0.3, 0.4) is 0 Å². The van der Waals surface area contributed by atoms with Crippen LogP contribution in [0, 0.1) is 6.92 Å². The number of piperidine rings is 1. The van der Waals surface area contributed by atoms with Gasteiger partial charge >= 0.3 is 0 Å². The van der Waals surface area contributed by atoms with E-state index in [1.165, 1.54) is 12.7 Å². The number of nitrogens with zero attached hydrogens (tertiary/aromatic N) is 3. The Morgan fingerprint density at radius 2 is 2.17 bits per heavy atom. The van der Waals surface area contributed by atoms with E-state index in [2.05, 4.69) is 10.1 Å². The number of carbonyl (C=O) groups is 1. The van der Waals surface area contributed by atoms with Gasteiger partial charge in [-0.15, -0.1) is 0 Å². The van der Waals surface area contributed by atoms with Crippen molar-refractivity contribution in [2.75, 3.05) is 26.8 Å². The van der Waals surface area contributed by atoms with Crippen LogP contribution in [0.25, 0.3) is 11.4 Å². The number of amides is 1. The summed E-state index contributed by atoms with van der Waals surface area (Å²) in [6.45, 7) is 3.59. The zero-order valence-electron chi connectivity index (χ0n) is 13.5. The standard InChI is InChI=1S/C17H21N3O3/c1-12-4-3-5-14(10-12)16-18-17(23-19-16)13-6-8-20(9-7-13)15(21)11-22-2/h3-5,10,13H,6-9,11H2,1-2H3. The molecule has 6 nitrogen and oxygen atoms in total. The normalized spacial score (nSPS) is 15.8. The van der Waals surface area contributed by atoms with E-state index in [-0.39, 0.29) is 18.4 Å². The zero-order valence-corrected chi connectivity index (χ0v) is 13.5. The van der Waals surface area contributed by atoms with E-state index >= 15 is 0 Å². The third kappa shape index (κ3) is 3.59. The Balaban J connectivity index is 1.65. The lowest BCUT2D eigenvalue weighted by molar-refractivity contribution is -0.136. The highest BCUT2D eigenvalue weighted by Crippen LogP contribution is 2.28. The number of hydrogen-bond donors (Lipinski definition) is 0. The van der Waals surface area contributed by atoms with Crippen LogP contribution < -0.4 is 0 Å². The van der Waals surface area contributed by atoms with E-state index in [1.807, 2.05) is 36.1 Å². The summed E-state index contributed by atoms with van der Waals surface area (Å²) in [4.78, 5) is 18.2. The van der Waals surface area contributed by atoms with Gasteiger partial charge in [0, 0.05) is 31.7 Å². The molecule has 0 atom stereocenters. The fourth-order valence-electron chi connectivity index (χ4n) is 2.89. The molecule has 0 N–H and O–H groups in total. The van der Waals surface area contributed by atoms with Gasteiger partial charge in [-0.3, -0.25) is 4.79 Å². The summed E-state index contributed by atoms with van der Waals surface area (Å²) in [5, 5.41) is 4.10. The minimum absolute atomic E-state index is 0.0388. The molecule has 3 rings (SSSR count).